The van der Waals surface area contributed by atoms with E-state index in [1.54, 1.807) is 11.3 Å². The third-order valence-electron chi connectivity index (χ3n) is 4.72. The van der Waals surface area contributed by atoms with Crippen LogP contribution in [0.2, 0.25) is 0 Å². The fourth-order valence-electron chi connectivity index (χ4n) is 3.18. The SMILES string of the molecule is Cc1nc(Nc2ccc(-c3csc(C)n3)cc2)cc(N2CCN(C)CC2)n1. The van der Waals surface area contributed by atoms with Crippen molar-refractivity contribution < 1.29 is 0 Å². The molecule has 27 heavy (non-hydrogen) atoms. The molecule has 2 aromatic heterocycles. The van der Waals surface area contributed by atoms with Gasteiger partial charge in [0.15, 0.2) is 0 Å². The first-order chi connectivity index (χ1) is 13.1. The number of hydrogen-bond donors (Lipinski definition) is 1. The Hall–Kier alpha value is -2.51. The van der Waals surface area contributed by atoms with Crippen molar-refractivity contribution in [1.82, 2.24) is 19.9 Å². The number of rotatable bonds is 4. The summed E-state index contributed by atoms with van der Waals surface area (Å²) in [6.45, 7) is 8.08. The summed E-state index contributed by atoms with van der Waals surface area (Å²) < 4.78 is 0. The van der Waals surface area contributed by atoms with Gasteiger partial charge in [-0.2, -0.15) is 0 Å². The van der Waals surface area contributed by atoms with Gasteiger partial charge in [0.1, 0.15) is 17.5 Å². The quantitative estimate of drug-likeness (QED) is 0.745. The van der Waals surface area contributed by atoms with Gasteiger partial charge in [-0.25, -0.2) is 15.0 Å². The van der Waals surface area contributed by atoms with Gasteiger partial charge >= 0.3 is 0 Å². The summed E-state index contributed by atoms with van der Waals surface area (Å²) in [7, 11) is 2.16. The maximum absolute atomic E-state index is 4.63. The Kier molecular flexibility index (Phi) is 5.05. The molecule has 0 aliphatic carbocycles. The summed E-state index contributed by atoms with van der Waals surface area (Å²) in [5, 5.41) is 6.59. The van der Waals surface area contributed by atoms with Crippen LogP contribution in [0.5, 0.6) is 0 Å². The second-order valence-electron chi connectivity index (χ2n) is 6.90. The molecule has 1 aliphatic heterocycles. The van der Waals surface area contributed by atoms with Crippen molar-refractivity contribution in [1.29, 1.82) is 0 Å². The Morgan fingerprint density at radius 1 is 0.963 bits per heavy atom. The molecule has 1 aromatic carbocycles. The monoisotopic (exact) mass is 380 g/mol. The van der Waals surface area contributed by atoms with E-state index in [4.69, 9.17) is 0 Å². The zero-order valence-electron chi connectivity index (χ0n) is 15.9. The molecule has 6 nitrogen and oxygen atoms in total. The number of piperazine rings is 1. The molecule has 1 aliphatic rings. The summed E-state index contributed by atoms with van der Waals surface area (Å²) >= 11 is 1.67. The van der Waals surface area contributed by atoms with Gasteiger partial charge in [-0.15, -0.1) is 11.3 Å². The van der Waals surface area contributed by atoms with E-state index in [-0.39, 0.29) is 0 Å². The lowest BCUT2D eigenvalue weighted by molar-refractivity contribution is 0.312. The molecule has 0 spiro atoms. The van der Waals surface area contributed by atoms with Gasteiger partial charge in [-0.3, -0.25) is 0 Å². The van der Waals surface area contributed by atoms with E-state index in [1.807, 2.05) is 19.9 Å². The fourth-order valence-corrected chi connectivity index (χ4v) is 3.80. The summed E-state index contributed by atoms with van der Waals surface area (Å²) in [6.07, 6.45) is 0. The van der Waals surface area contributed by atoms with E-state index in [1.165, 1.54) is 0 Å². The van der Waals surface area contributed by atoms with Crippen LogP contribution >= 0.6 is 11.3 Å². The molecule has 140 valence electrons. The van der Waals surface area contributed by atoms with Gasteiger partial charge in [0.05, 0.1) is 10.7 Å². The number of nitrogens with one attached hydrogen (secondary N) is 1. The lowest BCUT2D eigenvalue weighted by Crippen LogP contribution is -2.44. The van der Waals surface area contributed by atoms with Crippen LogP contribution in [0.25, 0.3) is 11.3 Å². The molecule has 0 amide bonds. The number of thiazole rings is 1. The topological polar surface area (TPSA) is 57.2 Å². The Morgan fingerprint density at radius 2 is 1.70 bits per heavy atom. The van der Waals surface area contributed by atoms with E-state index >= 15 is 0 Å². The molecule has 1 N–H and O–H groups in total. The molecule has 7 heteroatoms. The van der Waals surface area contributed by atoms with Gasteiger partial charge in [-0.1, -0.05) is 12.1 Å². The van der Waals surface area contributed by atoms with Gasteiger partial charge in [0.25, 0.3) is 0 Å². The molecule has 0 radical (unpaired) electrons. The van der Waals surface area contributed by atoms with Gasteiger partial charge in [0, 0.05) is 48.9 Å². The van der Waals surface area contributed by atoms with E-state index in [9.17, 15) is 0 Å². The van der Waals surface area contributed by atoms with Gasteiger partial charge in [-0.05, 0) is 33.0 Å². The second kappa shape index (κ2) is 7.62. The summed E-state index contributed by atoms with van der Waals surface area (Å²) in [6, 6.07) is 10.3. The molecule has 0 saturated carbocycles. The van der Waals surface area contributed by atoms with Crippen molar-refractivity contribution >= 4 is 28.7 Å². The van der Waals surface area contributed by atoms with Crippen molar-refractivity contribution in [3.8, 4) is 11.3 Å². The number of aromatic nitrogens is 3. The van der Waals surface area contributed by atoms with Crippen LogP contribution in [-0.2, 0) is 0 Å². The van der Waals surface area contributed by atoms with Crippen molar-refractivity contribution in [2.75, 3.05) is 43.4 Å². The highest BCUT2D eigenvalue weighted by Gasteiger charge is 2.16. The first kappa shape index (κ1) is 17.9. The van der Waals surface area contributed by atoms with E-state index < -0.39 is 0 Å². The predicted octanol–water partition coefficient (Wildman–Crippen LogP) is 3.71. The van der Waals surface area contributed by atoms with Crippen molar-refractivity contribution in [2.45, 2.75) is 13.8 Å². The number of hydrogen-bond acceptors (Lipinski definition) is 7. The lowest BCUT2D eigenvalue weighted by Gasteiger charge is -2.33. The number of aryl methyl sites for hydroxylation is 2. The minimum Gasteiger partial charge on any atom is -0.354 e. The predicted molar refractivity (Wildman–Crippen MR) is 112 cm³/mol. The Balaban J connectivity index is 1.50. The van der Waals surface area contributed by atoms with Crippen molar-refractivity contribution in [2.24, 2.45) is 0 Å². The smallest absolute Gasteiger partial charge is 0.136 e. The molecule has 4 rings (SSSR count). The van der Waals surface area contributed by atoms with E-state index in [0.29, 0.717) is 0 Å². The van der Waals surface area contributed by atoms with Crippen molar-refractivity contribution in [3.05, 3.63) is 46.5 Å². The minimum absolute atomic E-state index is 0.781. The molecule has 3 aromatic rings. The lowest BCUT2D eigenvalue weighted by atomic mass is 10.1. The first-order valence-electron chi connectivity index (χ1n) is 9.15. The standard InChI is InChI=1S/C20H24N6S/c1-14-21-19(12-20(22-14)26-10-8-25(3)9-11-26)24-17-6-4-16(5-7-17)18-13-27-15(2)23-18/h4-7,12-13H,8-11H2,1-3H3,(H,21,22,24). The molecular formula is C20H24N6S. The third kappa shape index (κ3) is 4.26. The maximum atomic E-state index is 4.63. The van der Waals surface area contributed by atoms with Crippen LogP contribution in [0.15, 0.2) is 35.7 Å². The zero-order chi connectivity index (χ0) is 18.8. The van der Waals surface area contributed by atoms with Crippen LogP contribution in [0, 0.1) is 13.8 Å². The molecule has 0 unspecified atom stereocenters. The molecule has 1 fully saturated rings. The number of anilines is 3. The summed E-state index contributed by atoms with van der Waals surface area (Å²) in [5.74, 6) is 2.60. The maximum Gasteiger partial charge on any atom is 0.136 e. The molecule has 1 saturated heterocycles. The third-order valence-corrected chi connectivity index (χ3v) is 5.50. The fraction of sp³-hybridized carbons (Fsp3) is 0.350. The van der Waals surface area contributed by atoms with Crippen LogP contribution in [0.4, 0.5) is 17.3 Å². The van der Waals surface area contributed by atoms with Crippen molar-refractivity contribution in [3.63, 3.8) is 0 Å². The highest BCUT2D eigenvalue weighted by atomic mass is 32.1. The van der Waals surface area contributed by atoms with Crippen LogP contribution < -0.4 is 10.2 Å². The van der Waals surface area contributed by atoms with Crippen LogP contribution in [-0.4, -0.2) is 53.1 Å². The average Bonchev–Trinajstić information content (AvgIpc) is 3.09. The molecular weight excluding hydrogens is 356 g/mol. The Morgan fingerprint density at radius 3 is 2.37 bits per heavy atom. The number of nitrogens with zero attached hydrogens (tertiary/aromatic N) is 5. The number of likely N-dealkylation sites (N-methyl/N-ethyl adjacent to an activating group) is 1. The normalized spacial score (nSPS) is 15.1. The Bertz CT molecular complexity index is 912. The minimum atomic E-state index is 0.781. The highest BCUT2D eigenvalue weighted by molar-refractivity contribution is 7.09. The van der Waals surface area contributed by atoms with Gasteiger partial charge in [0.2, 0.25) is 0 Å². The number of benzene rings is 1. The summed E-state index contributed by atoms with van der Waals surface area (Å²) in [4.78, 5) is 18.4. The van der Waals surface area contributed by atoms with E-state index in [0.717, 1.165) is 65.6 Å². The molecule has 3 heterocycles. The summed E-state index contributed by atoms with van der Waals surface area (Å²) in [5.41, 5.74) is 3.16. The molecule has 0 bridgehead atoms. The van der Waals surface area contributed by atoms with Gasteiger partial charge < -0.3 is 15.1 Å². The largest absolute Gasteiger partial charge is 0.354 e. The molecule has 0 atom stereocenters. The highest BCUT2D eigenvalue weighted by Crippen LogP contribution is 2.25. The Labute approximate surface area is 163 Å². The first-order valence-corrected chi connectivity index (χ1v) is 10.0. The van der Waals surface area contributed by atoms with Crippen LogP contribution in [0.3, 0.4) is 0 Å². The van der Waals surface area contributed by atoms with E-state index in [2.05, 4.69) is 66.8 Å². The van der Waals surface area contributed by atoms with Crippen LogP contribution in [0.1, 0.15) is 10.8 Å². The second-order valence-corrected chi connectivity index (χ2v) is 7.97. The average molecular weight is 381 g/mol. The zero-order valence-corrected chi connectivity index (χ0v) is 16.8.